The lowest BCUT2D eigenvalue weighted by atomic mass is 9.96. The van der Waals surface area contributed by atoms with Crippen molar-refractivity contribution in [3.05, 3.63) is 47.3 Å². The molecule has 0 atom stereocenters. The summed E-state index contributed by atoms with van der Waals surface area (Å²) in [5, 5.41) is 21.4. The van der Waals surface area contributed by atoms with Gasteiger partial charge in [0.05, 0.1) is 5.69 Å². The van der Waals surface area contributed by atoms with E-state index < -0.39 is 0 Å². The number of nitrogens with zero attached hydrogens (tertiary/aromatic N) is 7. The molecular formula is C22H24N8OS. The maximum atomic E-state index is 12.8. The highest BCUT2D eigenvalue weighted by Gasteiger charge is 2.26. The molecule has 9 nitrogen and oxygen atoms in total. The van der Waals surface area contributed by atoms with E-state index in [1.54, 1.807) is 0 Å². The first-order valence-corrected chi connectivity index (χ1v) is 11.6. The van der Waals surface area contributed by atoms with E-state index in [0.29, 0.717) is 16.7 Å². The Hall–Kier alpha value is -3.40. The number of rotatable bonds is 5. The van der Waals surface area contributed by atoms with Crippen molar-refractivity contribution >= 4 is 33.8 Å². The van der Waals surface area contributed by atoms with E-state index in [9.17, 15) is 4.79 Å². The predicted octanol–water partition coefficient (Wildman–Crippen LogP) is 3.62. The SMILES string of the molecule is CC(C)c1ccc(-c2csc(NC(=O)C3CCN(c4ccc5nnnn5n4)CC3)n2)cc1. The Bertz CT molecular complexity index is 1220. The summed E-state index contributed by atoms with van der Waals surface area (Å²) in [6.07, 6.45) is 1.52. The maximum absolute atomic E-state index is 12.8. The van der Waals surface area contributed by atoms with Crippen LogP contribution in [0.1, 0.15) is 38.2 Å². The standard InChI is InChI=1S/C22H24N8OS/c1-14(2)15-3-5-16(6-4-15)18-13-32-22(23-18)24-21(31)17-9-11-29(12-10-17)20-8-7-19-25-27-28-30(19)26-20/h3-8,13-14,17H,9-12H2,1-2H3,(H,23,24,31). The lowest BCUT2D eigenvalue weighted by Crippen LogP contribution is -2.38. The third-order valence-electron chi connectivity index (χ3n) is 5.85. The summed E-state index contributed by atoms with van der Waals surface area (Å²) in [6.45, 7) is 5.87. The highest BCUT2D eigenvalue weighted by molar-refractivity contribution is 7.14. The zero-order valence-corrected chi connectivity index (χ0v) is 18.8. The summed E-state index contributed by atoms with van der Waals surface area (Å²) >= 11 is 1.46. The molecule has 1 aliphatic rings. The van der Waals surface area contributed by atoms with Crippen molar-refractivity contribution in [3.63, 3.8) is 0 Å². The summed E-state index contributed by atoms with van der Waals surface area (Å²) in [4.78, 5) is 19.6. The van der Waals surface area contributed by atoms with Crippen LogP contribution in [0, 0.1) is 5.92 Å². The Kier molecular flexibility index (Phi) is 5.52. The molecule has 4 aromatic rings. The second kappa shape index (κ2) is 8.62. The minimum Gasteiger partial charge on any atom is -0.355 e. The van der Waals surface area contributed by atoms with Crippen LogP contribution in [0.15, 0.2) is 41.8 Å². The normalized spacial score (nSPS) is 14.9. The Morgan fingerprint density at radius 1 is 1.12 bits per heavy atom. The second-order valence-electron chi connectivity index (χ2n) is 8.28. The fourth-order valence-corrected chi connectivity index (χ4v) is 4.61. The maximum Gasteiger partial charge on any atom is 0.229 e. The van der Waals surface area contributed by atoms with Crippen molar-refractivity contribution in [1.82, 2.24) is 30.2 Å². The van der Waals surface area contributed by atoms with E-state index in [0.717, 1.165) is 43.0 Å². The number of benzene rings is 1. The van der Waals surface area contributed by atoms with Gasteiger partial charge in [0.1, 0.15) is 0 Å². The molecular weight excluding hydrogens is 424 g/mol. The van der Waals surface area contributed by atoms with Gasteiger partial charge in [0.15, 0.2) is 16.6 Å². The van der Waals surface area contributed by atoms with Gasteiger partial charge in [-0.3, -0.25) is 4.79 Å². The van der Waals surface area contributed by atoms with Crippen LogP contribution in [0.3, 0.4) is 0 Å². The zero-order valence-electron chi connectivity index (χ0n) is 18.0. The average molecular weight is 449 g/mol. The van der Waals surface area contributed by atoms with Crippen molar-refractivity contribution in [3.8, 4) is 11.3 Å². The van der Waals surface area contributed by atoms with Gasteiger partial charge in [0, 0.05) is 30.0 Å². The Balaban J connectivity index is 1.18. The van der Waals surface area contributed by atoms with Gasteiger partial charge in [0.2, 0.25) is 5.91 Å². The van der Waals surface area contributed by atoms with Gasteiger partial charge in [-0.15, -0.1) is 26.2 Å². The molecule has 4 heterocycles. The molecule has 1 N–H and O–H groups in total. The van der Waals surface area contributed by atoms with Crippen LogP contribution in [0.2, 0.25) is 0 Å². The van der Waals surface area contributed by atoms with Gasteiger partial charge >= 0.3 is 0 Å². The monoisotopic (exact) mass is 448 g/mol. The van der Waals surface area contributed by atoms with E-state index >= 15 is 0 Å². The van der Waals surface area contributed by atoms with Gasteiger partial charge in [-0.2, -0.15) is 0 Å². The summed E-state index contributed by atoms with van der Waals surface area (Å²) in [5.74, 6) is 1.31. The minimum absolute atomic E-state index is 0.0320. The van der Waals surface area contributed by atoms with Crippen LogP contribution < -0.4 is 10.2 Å². The van der Waals surface area contributed by atoms with Crippen LogP contribution in [-0.2, 0) is 4.79 Å². The molecule has 0 spiro atoms. The first-order chi connectivity index (χ1) is 15.6. The molecule has 32 heavy (non-hydrogen) atoms. The number of hydrogen-bond donors (Lipinski definition) is 1. The van der Waals surface area contributed by atoms with Gasteiger partial charge in [0.25, 0.3) is 0 Å². The van der Waals surface area contributed by atoms with Gasteiger partial charge < -0.3 is 10.2 Å². The molecule has 3 aromatic heterocycles. The molecule has 1 aliphatic heterocycles. The number of carbonyl (C=O) groups is 1. The fourth-order valence-electron chi connectivity index (χ4n) is 3.89. The number of hydrogen-bond acceptors (Lipinski definition) is 8. The quantitative estimate of drug-likeness (QED) is 0.497. The molecule has 0 aliphatic carbocycles. The van der Waals surface area contributed by atoms with Crippen molar-refractivity contribution in [2.45, 2.75) is 32.6 Å². The number of aromatic nitrogens is 6. The summed E-state index contributed by atoms with van der Waals surface area (Å²) in [7, 11) is 0. The number of thiazole rings is 1. The second-order valence-corrected chi connectivity index (χ2v) is 9.14. The predicted molar refractivity (Wildman–Crippen MR) is 124 cm³/mol. The average Bonchev–Trinajstić information content (AvgIpc) is 3.48. The van der Waals surface area contributed by atoms with E-state index in [1.165, 1.54) is 21.5 Å². The molecule has 10 heteroatoms. The Morgan fingerprint density at radius 3 is 2.66 bits per heavy atom. The van der Waals surface area contributed by atoms with E-state index in [1.807, 2.05) is 17.5 Å². The molecule has 0 radical (unpaired) electrons. The Labute approximate surface area is 189 Å². The van der Waals surface area contributed by atoms with E-state index in [4.69, 9.17) is 0 Å². The van der Waals surface area contributed by atoms with Crippen LogP contribution in [0.25, 0.3) is 16.9 Å². The number of anilines is 2. The first kappa shape index (κ1) is 20.5. The summed E-state index contributed by atoms with van der Waals surface area (Å²) in [6, 6.07) is 12.2. The zero-order chi connectivity index (χ0) is 22.1. The number of fused-ring (bicyclic) bond motifs is 1. The van der Waals surface area contributed by atoms with Crippen LogP contribution >= 0.6 is 11.3 Å². The van der Waals surface area contributed by atoms with Gasteiger partial charge in [-0.05, 0) is 46.9 Å². The lowest BCUT2D eigenvalue weighted by Gasteiger charge is -2.31. The van der Waals surface area contributed by atoms with Crippen molar-refractivity contribution in [1.29, 1.82) is 0 Å². The van der Waals surface area contributed by atoms with E-state index in [2.05, 4.69) is 73.9 Å². The summed E-state index contributed by atoms with van der Waals surface area (Å²) < 4.78 is 1.42. The van der Waals surface area contributed by atoms with Crippen LogP contribution in [0.5, 0.6) is 0 Å². The highest BCUT2D eigenvalue weighted by Crippen LogP contribution is 2.28. The minimum atomic E-state index is -0.0410. The number of amides is 1. The third-order valence-corrected chi connectivity index (χ3v) is 6.61. The largest absolute Gasteiger partial charge is 0.355 e. The van der Waals surface area contributed by atoms with E-state index in [-0.39, 0.29) is 11.8 Å². The molecule has 1 amide bonds. The third kappa shape index (κ3) is 4.18. The number of carbonyl (C=O) groups excluding carboxylic acids is 1. The van der Waals surface area contributed by atoms with Crippen molar-refractivity contribution in [2.75, 3.05) is 23.3 Å². The van der Waals surface area contributed by atoms with Crippen LogP contribution in [0.4, 0.5) is 10.9 Å². The molecule has 164 valence electrons. The smallest absolute Gasteiger partial charge is 0.229 e. The topological polar surface area (TPSA) is 101 Å². The molecule has 5 rings (SSSR count). The fraction of sp³-hybridized carbons (Fsp3) is 0.364. The molecule has 1 aromatic carbocycles. The van der Waals surface area contributed by atoms with Crippen molar-refractivity contribution < 1.29 is 4.79 Å². The van der Waals surface area contributed by atoms with Gasteiger partial charge in [-0.25, -0.2) is 4.98 Å². The summed E-state index contributed by atoms with van der Waals surface area (Å²) in [5.41, 5.74) is 3.87. The molecule has 0 unspecified atom stereocenters. The number of nitrogens with one attached hydrogen (secondary N) is 1. The molecule has 0 saturated carbocycles. The van der Waals surface area contributed by atoms with Crippen molar-refractivity contribution in [2.24, 2.45) is 5.92 Å². The number of tetrazole rings is 1. The highest BCUT2D eigenvalue weighted by atomic mass is 32.1. The molecule has 0 bridgehead atoms. The van der Waals surface area contributed by atoms with Crippen LogP contribution in [-0.4, -0.2) is 49.2 Å². The number of piperidine rings is 1. The molecule has 1 saturated heterocycles. The molecule has 1 fully saturated rings. The van der Waals surface area contributed by atoms with Gasteiger partial charge in [-0.1, -0.05) is 38.1 Å². The Morgan fingerprint density at radius 2 is 1.91 bits per heavy atom. The lowest BCUT2D eigenvalue weighted by molar-refractivity contribution is -0.120. The first-order valence-electron chi connectivity index (χ1n) is 10.7.